The fourth-order valence-electron chi connectivity index (χ4n) is 4.47. The maximum absolute atomic E-state index is 6.06. The highest BCUT2D eigenvalue weighted by Crippen LogP contribution is 2.61. The zero-order valence-electron chi connectivity index (χ0n) is 9.35. The van der Waals surface area contributed by atoms with Gasteiger partial charge in [0.05, 0.1) is 12.2 Å². The van der Waals surface area contributed by atoms with Gasteiger partial charge in [-0.2, -0.15) is 0 Å². The molecule has 3 fully saturated rings. The van der Waals surface area contributed by atoms with Crippen LogP contribution in [-0.2, 0) is 9.47 Å². The molecule has 4 rings (SSSR count). The minimum Gasteiger partial charge on any atom is -0.344 e. The molecule has 82 valence electrons. The van der Waals surface area contributed by atoms with Gasteiger partial charge in [0, 0.05) is 0 Å². The Morgan fingerprint density at radius 1 is 1.07 bits per heavy atom. The van der Waals surface area contributed by atoms with Gasteiger partial charge in [-0.05, 0) is 50.4 Å². The Morgan fingerprint density at radius 3 is 2.60 bits per heavy atom. The number of hydrogen-bond acceptors (Lipinski definition) is 2. The van der Waals surface area contributed by atoms with Crippen molar-refractivity contribution in [2.75, 3.05) is 0 Å². The predicted octanol–water partition coefficient (Wildman–Crippen LogP) is 2.35. The summed E-state index contributed by atoms with van der Waals surface area (Å²) >= 11 is 0. The molecule has 2 saturated carbocycles. The van der Waals surface area contributed by atoms with E-state index in [-0.39, 0.29) is 5.79 Å². The molecule has 0 aromatic carbocycles. The Kier molecular flexibility index (Phi) is 1.46. The maximum atomic E-state index is 6.06. The molecule has 0 unspecified atom stereocenters. The summed E-state index contributed by atoms with van der Waals surface area (Å²) in [5.41, 5.74) is 0. The van der Waals surface area contributed by atoms with Crippen LogP contribution in [0.3, 0.4) is 0 Å². The van der Waals surface area contributed by atoms with Gasteiger partial charge in [-0.3, -0.25) is 0 Å². The molecule has 0 aromatic heterocycles. The smallest absolute Gasteiger partial charge is 0.163 e. The summed E-state index contributed by atoms with van der Waals surface area (Å²) in [6.07, 6.45) is 8.19. The standard InChI is InChI=1S/C13H18O2/c1-13(2)14-11-9-6-10(12(11)15-13)8-5-3-4-7(8)9/h3-4,7-12H,5-6H2,1-2H3/t7-,8+,9+,10-,11+,12-/m0/s1. The Balaban J connectivity index is 1.69. The van der Waals surface area contributed by atoms with Crippen LogP contribution in [0.2, 0.25) is 0 Å². The first-order chi connectivity index (χ1) is 7.16. The minimum atomic E-state index is -0.339. The van der Waals surface area contributed by atoms with E-state index in [9.17, 15) is 0 Å². The minimum absolute atomic E-state index is 0.339. The summed E-state index contributed by atoms with van der Waals surface area (Å²) in [5.74, 6) is 2.84. The lowest BCUT2D eigenvalue weighted by Gasteiger charge is -2.31. The van der Waals surface area contributed by atoms with Gasteiger partial charge in [0.1, 0.15) is 0 Å². The second-order valence-electron chi connectivity index (χ2n) is 6.03. The van der Waals surface area contributed by atoms with Crippen molar-refractivity contribution in [1.29, 1.82) is 0 Å². The third-order valence-electron chi connectivity index (χ3n) is 4.86. The van der Waals surface area contributed by atoms with Gasteiger partial charge in [-0.25, -0.2) is 0 Å². The lowest BCUT2D eigenvalue weighted by Crippen LogP contribution is -2.38. The highest BCUT2D eigenvalue weighted by molar-refractivity contribution is 5.18. The molecule has 0 N–H and O–H groups in total. The van der Waals surface area contributed by atoms with E-state index < -0.39 is 0 Å². The van der Waals surface area contributed by atoms with Gasteiger partial charge in [0.25, 0.3) is 0 Å². The monoisotopic (exact) mass is 206 g/mol. The fraction of sp³-hybridized carbons (Fsp3) is 0.846. The molecule has 4 aliphatic rings. The van der Waals surface area contributed by atoms with Crippen molar-refractivity contribution in [1.82, 2.24) is 0 Å². The summed E-state index contributed by atoms with van der Waals surface area (Å²) in [6.45, 7) is 4.10. The van der Waals surface area contributed by atoms with Crippen LogP contribution < -0.4 is 0 Å². The second kappa shape index (κ2) is 2.49. The van der Waals surface area contributed by atoms with E-state index in [4.69, 9.17) is 9.47 Å². The van der Waals surface area contributed by atoms with Crippen LogP contribution in [0, 0.1) is 23.7 Å². The van der Waals surface area contributed by atoms with Gasteiger partial charge in [0.2, 0.25) is 0 Å². The molecule has 15 heavy (non-hydrogen) atoms. The third-order valence-corrected chi connectivity index (χ3v) is 4.86. The van der Waals surface area contributed by atoms with Crippen LogP contribution in [0.4, 0.5) is 0 Å². The van der Waals surface area contributed by atoms with Crippen LogP contribution in [-0.4, -0.2) is 18.0 Å². The topological polar surface area (TPSA) is 18.5 Å². The van der Waals surface area contributed by atoms with Crippen LogP contribution in [0.25, 0.3) is 0 Å². The third kappa shape index (κ3) is 0.974. The molecule has 2 bridgehead atoms. The molecular weight excluding hydrogens is 188 g/mol. The van der Waals surface area contributed by atoms with Gasteiger partial charge < -0.3 is 9.47 Å². The van der Waals surface area contributed by atoms with E-state index in [0.29, 0.717) is 12.2 Å². The SMILES string of the molecule is CC1(C)O[C@@H]2[C@@H]3C[C@@H]([C@@H]4CC=C[C@@H]43)[C@@H]2O1. The normalized spacial score (nSPS) is 58.5. The summed E-state index contributed by atoms with van der Waals surface area (Å²) in [5, 5.41) is 0. The number of hydrogen-bond donors (Lipinski definition) is 0. The van der Waals surface area contributed by atoms with Crippen molar-refractivity contribution in [2.24, 2.45) is 23.7 Å². The molecule has 1 saturated heterocycles. The molecule has 0 radical (unpaired) electrons. The zero-order valence-corrected chi connectivity index (χ0v) is 9.35. The van der Waals surface area contributed by atoms with Crippen LogP contribution in [0.5, 0.6) is 0 Å². The molecule has 3 aliphatic carbocycles. The highest BCUT2D eigenvalue weighted by atomic mass is 16.8. The van der Waals surface area contributed by atoms with Crippen LogP contribution in [0.1, 0.15) is 26.7 Å². The summed E-state index contributed by atoms with van der Waals surface area (Å²) in [4.78, 5) is 0. The molecule has 2 heteroatoms. The van der Waals surface area contributed by atoms with Crippen LogP contribution >= 0.6 is 0 Å². The van der Waals surface area contributed by atoms with E-state index >= 15 is 0 Å². The molecule has 1 aliphatic heterocycles. The van der Waals surface area contributed by atoms with E-state index in [1.165, 1.54) is 12.8 Å². The molecular formula is C13H18O2. The lowest BCUT2D eigenvalue weighted by atomic mass is 9.78. The van der Waals surface area contributed by atoms with Crippen molar-refractivity contribution in [2.45, 2.75) is 44.7 Å². The van der Waals surface area contributed by atoms with Crippen LogP contribution in [0.15, 0.2) is 12.2 Å². The van der Waals surface area contributed by atoms with Gasteiger partial charge in [-0.1, -0.05) is 12.2 Å². The Bertz CT molecular complexity index is 333. The van der Waals surface area contributed by atoms with E-state index in [0.717, 1.165) is 23.7 Å². The van der Waals surface area contributed by atoms with Gasteiger partial charge >= 0.3 is 0 Å². The lowest BCUT2D eigenvalue weighted by molar-refractivity contribution is -0.158. The van der Waals surface area contributed by atoms with Crippen molar-refractivity contribution in [3.63, 3.8) is 0 Å². The van der Waals surface area contributed by atoms with Crippen molar-refractivity contribution >= 4 is 0 Å². The molecule has 1 heterocycles. The van der Waals surface area contributed by atoms with Gasteiger partial charge in [-0.15, -0.1) is 0 Å². The summed E-state index contributed by atoms with van der Waals surface area (Å²) < 4.78 is 12.1. The first kappa shape index (κ1) is 8.77. The predicted molar refractivity (Wildman–Crippen MR) is 56.2 cm³/mol. The van der Waals surface area contributed by atoms with E-state index in [2.05, 4.69) is 26.0 Å². The highest BCUT2D eigenvalue weighted by Gasteiger charge is 2.63. The number of ether oxygens (including phenoxy) is 2. The molecule has 0 amide bonds. The summed E-state index contributed by atoms with van der Waals surface area (Å²) in [7, 11) is 0. The quantitative estimate of drug-likeness (QED) is 0.566. The maximum Gasteiger partial charge on any atom is 0.163 e. The Hall–Kier alpha value is -0.340. The zero-order chi connectivity index (χ0) is 10.2. The van der Waals surface area contributed by atoms with E-state index in [1.54, 1.807) is 0 Å². The number of allylic oxidation sites excluding steroid dienone is 2. The molecule has 2 nitrogen and oxygen atoms in total. The largest absolute Gasteiger partial charge is 0.344 e. The molecule has 0 spiro atoms. The number of rotatable bonds is 0. The average Bonchev–Trinajstić information content (AvgIpc) is 2.75. The average molecular weight is 206 g/mol. The fourth-order valence-corrected chi connectivity index (χ4v) is 4.47. The second-order valence-corrected chi connectivity index (χ2v) is 6.03. The molecule has 6 atom stereocenters. The first-order valence-electron chi connectivity index (χ1n) is 6.18. The van der Waals surface area contributed by atoms with Crippen molar-refractivity contribution in [3.05, 3.63) is 12.2 Å². The van der Waals surface area contributed by atoms with E-state index in [1.807, 2.05) is 0 Å². The summed E-state index contributed by atoms with van der Waals surface area (Å²) in [6, 6.07) is 0. The van der Waals surface area contributed by atoms with Gasteiger partial charge in [0.15, 0.2) is 5.79 Å². The number of fused-ring (bicyclic) bond motifs is 8. The first-order valence-corrected chi connectivity index (χ1v) is 6.18. The van der Waals surface area contributed by atoms with Crippen molar-refractivity contribution in [3.8, 4) is 0 Å². The molecule has 0 aromatic rings. The van der Waals surface area contributed by atoms with Crippen molar-refractivity contribution < 1.29 is 9.47 Å². The Labute approximate surface area is 90.6 Å². The Morgan fingerprint density at radius 2 is 1.80 bits per heavy atom.